The molecule has 0 amide bonds. The molecule has 0 aliphatic rings. The van der Waals surface area contributed by atoms with Gasteiger partial charge in [0, 0.05) is 11.8 Å². The lowest BCUT2D eigenvalue weighted by Crippen LogP contribution is -2.24. The molecule has 2 aromatic carbocycles. The Hall–Kier alpha value is -2.69. The number of carbonyl (C=O) groups excluding carboxylic acids is 1. The topological polar surface area (TPSA) is 70.8 Å². The average molecular weight is 315 g/mol. The molecule has 0 bridgehead atoms. The van der Waals surface area contributed by atoms with Crippen molar-refractivity contribution in [2.75, 3.05) is 20.0 Å². The van der Waals surface area contributed by atoms with E-state index in [1.165, 1.54) is 7.11 Å². The van der Waals surface area contributed by atoms with Crippen LogP contribution in [0.4, 0.5) is 5.69 Å². The third kappa shape index (κ3) is 3.74. The lowest BCUT2D eigenvalue weighted by atomic mass is 10.0. The molecule has 0 aliphatic heterocycles. The molecule has 2 aromatic rings. The van der Waals surface area contributed by atoms with Crippen LogP contribution in [0.5, 0.6) is 17.2 Å². The van der Waals surface area contributed by atoms with Crippen LogP contribution in [0.1, 0.15) is 22.8 Å². The second-order valence-corrected chi connectivity index (χ2v) is 5.22. The van der Waals surface area contributed by atoms with Crippen molar-refractivity contribution in [1.82, 2.24) is 0 Å². The van der Waals surface area contributed by atoms with Crippen molar-refractivity contribution in [1.29, 1.82) is 0 Å². The molecule has 1 unspecified atom stereocenters. The van der Waals surface area contributed by atoms with Crippen LogP contribution >= 0.6 is 0 Å². The zero-order chi connectivity index (χ0) is 17.0. The van der Waals surface area contributed by atoms with Gasteiger partial charge >= 0.3 is 0 Å². The number of hydrogen-bond acceptors (Lipinski definition) is 5. The fourth-order valence-corrected chi connectivity index (χ4v) is 2.31. The highest BCUT2D eigenvalue weighted by Crippen LogP contribution is 2.30. The molecule has 0 fully saturated rings. The summed E-state index contributed by atoms with van der Waals surface area (Å²) in [5.41, 5.74) is 7.62. The molecule has 5 heteroatoms. The first-order valence-electron chi connectivity index (χ1n) is 7.25. The highest BCUT2D eigenvalue weighted by atomic mass is 16.5. The number of hydrogen-bond donors (Lipinski definition) is 1. The highest BCUT2D eigenvalue weighted by molar-refractivity contribution is 6.02. The van der Waals surface area contributed by atoms with E-state index < -0.39 is 6.10 Å². The molecule has 0 heterocycles. The summed E-state index contributed by atoms with van der Waals surface area (Å²) in [7, 11) is 3.09. The van der Waals surface area contributed by atoms with Gasteiger partial charge in [-0.25, -0.2) is 0 Å². The molecule has 0 aliphatic carbocycles. The van der Waals surface area contributed by atoms with E-state index in [-0.39, 0.29) is 5.78 Å². The number of aryl methyl sites for hydroxylation is 1. The highest BCUT2D eigenvalue weighted by Gasteiger charge is 2.22. The monoisotopic (exact) mass is 315 g/mol. The van der Waals surface area contributed by atoms with E-state index in [1.807, 2.05) is 6.92 Å². The summed E-state index contributed by atoms with van der Waals surface area (Å²) < 4.78 is 16.3. The lowest BCUT2D eigenvalue weighted by molar-refractivity contribution is 0.0814. The van der Waals surface area contributed by atoms with E-state index in [0.717, 1.165) is 5.56 Å². The average Bonchev–Trinajstić information content (AvgIpc) is 2.53. The van der Waals surface area contributed by atoms with Crippen molar-refractivity contribution in [3.63, 3.8) is 0 Å². The number of nitrogens with two attached hydrogens (primary N) is 1. The molecule has 122 valence electrons. The quantitative estimate of drug-likeness (QED) is 0.654. The number of ketones is 1. The number of ether oxygens (including phenoxy) is 3. The van der Waals surface area contributed by atoms with E-state index in [4.69, 9.17) is 19.9 Å². The van der Waals surface area contributed by atoms with E-state index >= 15 is 0 Å². The summed E-state index contributed by atoms with van der Waals surface area (Å²) in [6, 6.07) is 10.4. The first-order valence-corrected chi connectivity index (χ1v) is 7.25. The van der Waals surface area contributed by atoms with Crippen molar-refractivity contribution < 1.29 is 19.0 Å². The molecule has 1 atom stereocenters. The van der Waals surface area contributed by atoms with Gasteiger partial charge in [0.1, 0.15) is 17.2 Å². The number of nitrogen functional groups attached to an aromatic ring is 1. The van der Waals surface area contributed by atoms with Gasteiger partial charge in [0.25, 0.3) is 0 Å². The van der Waals surface area contributed by atoms with Crippen molar-refractivity contribution in [2.45, 2.75) is 20.0 Å². The van der Waals surface area contributed by atoms with Gasteiger partial charge in [-0.1, -0.05) is 6.07 Å². The minimum Gasteiger partial charge on any atom is -0.496 e. The van der Waals surface area contributed by atoms with E-state index in [1.54, 1.807) is 50.4 Å². The van der Waals surface area contributed by atoms with E-state index in [2.05, 4.69) is 0 Å². The second kappa shape index (κ2) is 7.05. The number of carbonyl (C=O) groups is 1. The molecular weight excluding hydrogens is 294 g/mol. The Kier molecular flexibility index (Phi) is 5.11. The zero-order valence-corrected chi connectivity index (χ0v) is 13.8. The number of anilines is 1. The van der Waals surface area contributed by atoms with Crippen LogP contribution in [0, 0.1) is 6.92 Å². The molecule has 0 spiro atoms. The summed E-state index contributed by atoms with van der Waals surface area (Å²) >= 11 is 0. The molecule has 2 N–H and O–H groups in total. The number of Topliss-reactive ketones (excluding diaryl/α,β-unsaturated/α-hetero) is 1. The molecule has 5 nitrogen and oxygen atoms in total. The largest absolute Gasteiger partial charge is 0.496 e. The first kappa shape index (κ1) is 16.7. The minimum absolute atomic E-state index is 0.192. The molecule has 0 aromatic heterocycles. The van der Waals surface area contributed by atoms with Crippen molar-refractivity contribution in [3.05, 3.63) is 47.5 Å². The maximum Gasteiger partial charge on any atom is 0.206 e. The zero-order valence-electron chi connectivity index (χ0n) is 13.8. The molecule has 0 saturated heterocycles. The van der Waals surface area contributed by atoms with Gasteiger partial charge in [0.05, 0.1) is 19.8 Å². The van der Waals surface area contributed by atoms with E-state index in [0.29, 0.717) is 28.5 Å². The number of rotatable bonds is 6. The standard InChI is InChI=1S/C18H21NO4/c1-11-8-17(22-4)15(10-16(11)21-3)18(20)12(2)23-14-7-5-6-13(19)9-14/h5-10,12H,19H2,1-4H3. The van der Waals surface area contributed by atoms with Gasteiger partial charge in [-0.2, -0.15) is 0 Å². The summed E-state index contributed by atoms with van der Waals surface area (Å²) in [6.45, 7) is 3.58. The first-order chi connectivity index (χ1) is 11.0. The van der Waals surface area contributed by atoms with Crippen LogP contribution in [0.2, 0.25) is 0 Å². The maximum absolute atomic E-state index is 12.7. The van der Waals surface area contributed by atoms with Gasteiger partial charge < -0.3 is 19.9 Å². The van der Waals surface area contributed by atoms with Crippen LogP contribution in [0.25, 0.3) is 0 Å². The second-order valence-electron chi connectivity index (χ2n) is 5.22. The molecule has 23 heavy (non-hydrogen) atoms. The Morgan fingerprint density at radius 3 is 2.39 bits per heavy atom. The van der Waals surface area contributed by atoms with Crippen LogP contribution in [-0.2, 0) is 0 Å². The summed E-state index contributed by atoms with van der Waals surface area (Å²) in [5.74, 6) is 1.48. The Balaban J connectivity index is 2.28. The SMILES string of the molecule is COc1cc(C(=O)C(C)Oc2cccc(N)c2)c(OC)cc1C. The van der Waals surface area contributed by atoms with Crippen LogP contribution < -0.4 is 19.9 Å². The minimum atomic E-state index is -0.682. The van der Waals surface area contributed by atoms with Crippen molar-refractivity contribution >= 4 is 11.5 Å². The fourth-order valence-electron chi connectivity index (χ4n) is 2.31. The van der Waals surface area contributed by atoms with Gasteiger partial charge in [-0.05, 0) is 43.7 Å². The molecule has 2 rings (SSSR count). The van der Waals surface area contributed by atoms with Gasteiger partial charge in [-0.15, -0.1) is 0 Å². The summed E-state index contributed by atoms with van der Waals surface area (Å²) in [5, 5.41) is 0. The fraction of sp³-hybridized carbons (Fsp3) is 0.278. The predicted molar refractivity (Wildman–Crippen MR) is 89.6 cm³/mol. The molecule has 0 radical (unpaired) electrons. The van der Waals surface area contributed by atoms with Crippen LogP contribution in [0.15, 0.2) is 36.4 Å². The lowest BCUT2D eigenvalue weighted by Gasteiger charge is -2.17. The molecular formula is C18H21NO4. The Labute approximate surface area is 136 Å². The maximum atomic E-state index is 12.7. The number of methoxy groups -OCH3 is 2. The van der Waals surface area contributed by atoms with Crippen molar-refractivity contribution in [2.24, 2.45) is 0 Å². The summed E-state index contributed by atoms with van der Waals surface area (Å²) in [4.78, 5) is 12.7. The summed E-state index contributed by atoms with van der Waals surface area (Å²) in [6.07, 6.45) is -0.682. The normalized spacial score (nSPS) is 11.7. The van der Waals surface area contributed by atoms with Gasteiger partial charge in [0.15, 0.2) is 6.10 Å². The molecule has 0 saturated carbocycles. The Morgan fingerprint density at radius 2 is 1.78 bits per heavy atom. The van der Waals surface area contributed by atoms with E-state index in [9.17, 15) is 4.79 Å². The van der Waals surface area contributed by atoms with Crippen molar-refractivity contribution in [3.8, 4) is 17.2 Å². The van der Waals surface area contributed by atoms with Crippen LogP contribution in [-0.4, -0.2) is 26.1 Å². The van der Waals surface area contributed by atoms with Gasteiger partial charge in [-0.3, -0.25) is 4.79 Å². The smallest absolute Gasteiger partial charge is 0.206 e. The predicted octanol–water partition coefficient (Wildman–Crippen LogP) is 3.24. The van der Waals surface area contributed by atoms with Crippen LogP contribution in [0.3, 0.4) is 0 Å². The Morgan fingerprint density at radius 1 is 1.09 bits per heavy atom. The Bertz CT molecular complexity index is 712. The van der Waals surface area contributed by atoms with Gasteiger partial charge in [0.2, 0.25) is 5.78 Å². The third-order valence-corrected chi connectivity index (χ3v) is 3.52. The number of benzene rings is 2. The third-order valence-electron chi connectivity index (χ3n) is 3.52.